The van der Waals surface area contributed by atoms with Gasteiger partial charge in [-0.3, -0.25) is 9.48 Å². The van der Waals surface area contributed by atoms with Crippen LogP contribution in [0.5, 0.6) is 0 Å². The van der Waals surface area contributed by atoms with Crippen molar-refractivity contribution in [2.24, 2.45) is 7.05 Å². The van der Waals surface area contributed by atoms with Gasteiger partial charge in [0, 0.05) is 46.4 Å². The predicted molar refractivity (Wildman–Crippen MR) is 121 cm³/mol. The second-order valence-electron chi connectivity index (χ2n) is 7.54. The van der Waals surface area contributed by atoms with E-state index in [0.717, 1.165) is 33.9 Å². The molecule has 0 saturated carbocycles. The first-order valence-corrected chi connectivity index (χ1v) is 10.3. The van der Waals surface area contributed by atoms with Gasteiger partial charge in [-0.05, 0) is 51.5 Å². The number of aryl methyl sites for hydroxylation is 2. The lowest BCUT2D eigenvalue weighted by molar-refractivity contribution is -0.136. The summed E-state index contributed by atoms with van der Waals surface area (Å²) in [6, 6.07) is 9.43. The van der Waals surface area contributed by atoms with Crippen LogP contribution in [0.1, 0.15) is 44.3 Å². The largest absolute Gasteiger partial charge is 0.454 e. The Morgan fingerprint density at radius 3 is 2.48 bits per heavy atom. The fourth-order valence-electron chi connectivity index (χ4n) is 3.45. The van der Waals surface area contributed by atoms with Crippen molar-refractivity contribution in [3.63, 3.8) is 0 Å². The third-order valence-electron chi connectivity index (χ3n) is 5.52. The smallest absolute Gasteiger partial charge is 0.331 e. The SMILES string of the molecule is Cc1nn(Cc2ccccc2Cl)c(C)c1/C=C/C(=O)OCC(=O)c1cc(C)n(C)c1C. The normalized spacial score (nSPS) is 11.3. The van der Waals surface area contributed by atoms with E-state index < -0.39 is 5.97 Å². The van der Waals surface area contributed by atoms with Gasteiger partial charge in [0.15, 0.2) is 6.61 Å². The molecule has 6 nitrogen and oxygen atoms in total. The van der Waals surface area contributed by atoms with Gasteiger partial charge in [-0.2, -0.15) is 5.10 Å². The fraction of sp³-hybridized carbons (Fsp3) is 0.292. The minimum atomic E-state index is -0.573. The molecule has 0 amide bonds. The van der Waals surface area contributed by atoms with Gasteiger partial charge in [0.1, 0.15) is 0 Å². The molecule has 0 unspecified atom stereocenters. The van der Waals surface area contributed by atoms with Gasteiger partial charge < -0.3 is 9.30 Å². The molecule has 31 heavy (non-hydrogen) atoms. The molecule has 0 saturated heterocycles. The third-order valence-corrected chi connectivity index (χ3v) is 5.89. The van der Waals surface area contributed by atoms with E-state index in [2.05, 4.69) is 5.10 Å². The van der Waals surface area contributed by atoms with Crippen LogP contribution < -0.4 is 0 Å². The van der Waals surface area contributed by atoms with Crippen molar-refractivity contribution in [2.75, 3.05) is 6.61 Å². The van der Waals surface area contributed by atoms with Crippen LogP contribution in [0, 0.1) is 27.7 Å². The minimum Gasteiger partial charge on any atom is -0.454 e. The molecule has 0 radical (unpaired) electrons. The van der Waals surface area contributed by atoms with E-state index in [4.69, 9.17) is 16.3 Å². The van der Waals surface area contributed by atoms with E-state index >= 15 is 0 Å². The molecule has 0 spiro atoms. The van der Waals surface area contributed by atoms with E-state index in [1.165, 1.54) is 6.08 Å². The number of hydrogen-bond donors (Lipinski definition) is 0. The number of esters is 1. The number of ketones is 1. The molecular formula is C24H26ClN3O3. The zero-order chi connectivity index (χ0) is 22.7. The summed E-state index contributed by atoms with van der Waals surface area (Å²) in [6.45, 7) is 7.85. The molecule has 3 aromatic rings. The Morgan fingerprint density at radius 2 is 1.84 bits per heavy atom. The summed E-state index contributed by atoms with van der Waals surface area (Å²) >= 11 is 6.25. The molecule has 7 heteroatoms. The van der Waals surface area contributed by atoms with Crippen LogP contribution in [-0.2, 0) is 23.1 Å². The minimum absolute atomic E-state index is 0.220. The van der Waals surface area contributed by atoms with Crippen molar-refractivity contribution in [3.8, 4) is 0 Å². The molecule has 3 rings (SSSR count). The zero-order valence-electron chi connectivity index (χ0n) is 18.4. The molecule has 2 heterocycles. The maximum Gasteiger partial charge on any atom is 0.331 e. The highest BCUT2D eigenvalue weighted by molar-refractivity contribution is 6.31. The van der Waals surface area contributed by atoms with E-state index in [-0.39, 0.29) is 12.4 Å². The third kappa shape index (κ3) is 4.97. The number of aromatic nitrogens is 3. The Hall–Kier alpha value is -3.12. The van der Waals surface area contributed by atoms with Crippen LogP contribution in [0.25, 0.3) is 6.08 Å². The van der Waals surface area contributed by atoms with Crippen molar-refractivity contribution in [1.82, 2.24) is 14.3 Å². The molecular weight excluding hydrogens is 414 g/mol. The van der Waals surface area contributed by atoms with Gasteiger partial charge in [0.05, 0.1) is 12.2 Å². The van der Waals surface area contributed by atoms with Gasteiger partial charge in [-0.15, -0.1) is 0 Å². The number of carbonyl (C=O) groups excluding carboxylic acids is 2. The van der Waals surface area contributed by atoms with Crippen molar-refractivity contribution in [3.05, 3.63) is 80.9 Å². The number of rotatable bonds is 7. The van der Waals surface area contributed by atoms with Crippen LogP contribution in [-0.4, -0.2) is 32.7 Å². The molecule has 0 N–H and O–H groups in total. The van der Waals surface area contributed by atoms with Gasteiger partial charge in [0.2, 0.25) is 5.78 Å². The van der Waals surface area contributed by atoms with Crippen molar-refractivity contribution in [2.45, 2.75) is 34.2 Å². The van der Waals surface area contributed by atoms with Gasteiger partial charge in [0.25, 0.3) is 0 Å². The summed E-state index contributed by atoms with van der Waals surface area (Å²) in [5.74, 6) is -0.792. The van der Waals surface area contributed by atoms with Gasteiger partial charge >= 0.3 is 5.97 Å². The van der Waals surface area contributed by atoms with E-state index in [0.29, 0.717) is 17.1 Å². The second-order valence-corrected chi connectivity index (χ2v) is 7.95. The summed E-state index contributed by atoms with van der Waals surface area (Å²) in [7, 11) is 1.90. The fourth-order valence-corrected chi connectivity index (χ4v) is 3.64. The Balaban J connectivity index is 1.65. The molecule has 0 fully saturated rings. The van der Waals surface area contributed by atoms with Crippen molar-refractivity contribution < 1.29 is 14.3 Å². The number of carbonyl (C=O) groups is 2. The number of halogens is 1. The van der Waals surface area contributed by atoms with Gasteiger partial charge in [-0.25, -0.2) is 4.79 Å². The van der Waals surface area contributed by atoms with Crippen LogP contribution in [0.2, 0.25) is 5.02 Å². The Morgan fingerprint density at radius 1 is 1.13 bits per heavy atom. The summed E-state index contributed by atoms with van der Waals surface area (Å²) in [6.07, 6.45) is 3.00. The maximum atomic E-state index is 12.4. The Kier molecular flexibility index (Phi) is 6.81. The first-order valence-electron chi connectivity index (χ1n) is 9.97. The lowest BCUT2D eigenvalue weighted by Gasteiger charge is -2.06. The van der Waals surface area contributed by atoms with Crippen LogP contribution in [0.3, 0.4) is 0 Å². The first kappa shape index (κ1) is 22.6. The zero-order valence-corrected chi connectivity index (χ0v) is 19.2. The van der Waals surface area contributed by atoms with E-state index in [1.807, 2.05) is 68.3 Å². The Labute approximate surface area is 187 Å². The number of Topliss-reactive ketones (excluding diaryl/α,β-unsaturated/α-hetero) is 1. The monoisotopic (exact) mass is 439 g/mol. The highest BCUT2D eigenvalue weighted by Crippen LogP contribution is 2.20. The molecule has 0 aliphatic heterocycles. The average molecular weight is 440 g/mol. The summed E-state index contributed by atoms with van der Waals surface area (Å²) < 4.78 is 8.94. The maximum absolute atomic E-state index is 12.4. The quantitative estimate of drug-likeness (QED) is 0.306. The number of nitrogens with zero attached hydrogens (tertiary/aromatic N) is 3. The number of hydrogen-bond acceptors (Lipinski definition) is 4. The molecule has 0 atom stereocenters. The summed E-state index contributed by atoms with van der Waals surface area (Å²) in [5, 5.41) is 5.24. The van der Waals surface area contributed by atoms with Crippen molar-refractivity contribution in [1.29, 1.82) is 0 Å². The topological polar surface area (TPSA) is 66.1 Å². The molecule has 0 aliphatic carbocycles. The second kappa shape index (κ2) is 9.35. The molecule has 162 valence electrons. The van der Waals surface area contributed by atoms with Crippen molar-refractivity contribution >= 4 is 29.4 Å². The predicted octanol–water partition coefficient (Wildman–Crippen LogP) is 4.60. The molecule has 0 aliphatic rings. The first-order chi connectivity index (χ1) is 14.7. The standard InChI is InChI=1S/C24H26ClN3O3/c1-15-12-21(17(3)27(15)5)23(29)14-31-24(30)11-10-20-16(2)26-28(18(20)4)13-19-8-6-7-9-22(19)25/h6-12H,13-14H2,1-5H3/b11-10+. The van der Waals surface area contributed by atoms with Crippen LogP contribution in [0.4, 0.5) is 0 Å². The lowest BCUT2D eigenvalue weighted by atomic mass is 10.1. The summed E-state index contributed by atoms with van der Waals surface area (Å²) in [4.78, 5) is 24.5. The van der Waals surface area contributed by atoms with E-state index in [9.17, 15) is 9.59 Å². The molecule has 1 aromatic carbocycles. The van der Waals surface area contributed by atoms with Gasteiger partial charge in [-0.1, -0.05) is 29.8 Å². The highest BCUT2D eigenvalue weighted by Gasteiger charge is 2.16. The summed E-state index contributed by atoms with van der Waals surface area (Å²) in [5.41, 5.74) is 5.91. The number of ether oxygens (including phenoxy) is 1. The lowest BCUT2D eigenvalue weighted by Crippen LogP contribution is -2.13. The highest BCUT2D eigenvalue weighted by atomic mass is 35.5. The Bertz CT molecular complexity index is 1170. The number of benzene rings is 1. The molecule has 0 bridgehead atoms. The van der Waals surface area contributed by atoms with Crippen LogP contribution in [0.15, 0.2) is 36.4 Å². The van der Waals surface area contributed by atoms with E-state index in [1.54, 1.807) is 12.1 Å². The van der Waals surface area contributed by atoms with Crippen LogP contribution >= 0.6 is 11.6 Å². The molecule has 2 aromatic heterocycles. The average Bonchev–Trinajstić information content (AvgIpc) is 3.15.